The third-order valence-corrected chi connectivity index (χ3v) is 11.0. The van der Waals surface area contributed by atoms with Crippen molar-refractivity contribution in [1.82, 2.24) is 0 Å². The average Bonchev–Trinajstić information content (AvgIpc) is 3.60. The summed E-state index contributed by atoms with van der Waals surface area (Å²) in [6.45, 7) is 0. The minimum atomic E-state index is -0.396. The van der Waals surface area contributed by atoms with E-state index >= 15 is 0 Å². The van der Waals surface area contributed by atoms with Crippen molar-refractivity contribution < 1.29 is 6.85 Å². The topological polar surface area (TPSA) is 0 Å². The van der Waals surface area contributed by atoms with Gasteiger partial charge in [-0.15, -0.1) is 11.3 Å². The van der Waals surface area contributed by atoms with Gasteiger partial charge in [-0.25, -0.2) is 0 Å². The molecule has 0 bridgehead atoms. The van der Waals surface area contributed by atoms with Gasteiger partial charge in [-0.1, -0.05) is 164 Å². The second-order valence-corrected chi connectivity index (χ2v) is 13.5. The number of rotatable bonds is 4. The first kappa shape index (κ1) is 23.3. The fraction of sp³-hybridized carbons (Fsp3) is 0. The molecule has 228 valence electrons. The largest absolute Gasteiger partial charge is 0.135 e. The van der Waals surface area contributed by atoms with Gasteiger partial charge in [0.25, 0.3) is 0 Å². The van der Waals surface area contributed by atoms with Crippen LogP contribution < -0.4 is 0 Å². The normalized spacial score (nSPS) is 13.1. The summed E-state index contributed by atoms with van der Waals surface area (Å²) in [6.07, 6.45) is 0. The Morgan fingerprint density at radius 2 is 0.980 bits per heavy atom. The van der Waals surface area contributed by atoms with Crippen molar-refractivity contribution in [2.75, 3.05) is 0 Å². The summed E-state index contributed by atoms with van der Waals surface area (Å²) in [5, 5.41) is 9.01. The number of benzene rings is 9. The maximum atomic E-state index is 8.84. The van der Waals surface area contributed by atoms with Crippen LogP contribution in [0, 0.1) is 0 Å². The van der Waals surface area contributed by atoms with Gasteiger partial charge in [-0.3, -0.25) is 0 Å². The fourth-order valence-corrected chi connectivity index (χ4v) is 8.69. The Hall–Kier alpha value is -6.02. The molecule has 0 atom stereocenters. The zero-order chi connectivity index (χ0) is 36.7. The SMILES string of the molecule is [2H]c1c([2H])c([2H])c(-c2ccc3c(-c4ccc(-c5ccc6ccccc6c5)cc4)c4ccccc4c(-c4cccc5c4sc4ccccc45)c3c2)c([2H])c1[2H]. The molecule has 1 aromatic heterocycles. The Bertz CT molecular complexity index is 3130. The molecule has 0 saturated heterocycles. The van der Waals surface area contributed by atoms with Crippen LogP contribution in [-0.2, 0) is 0 Å². The smallest absolute Gasteiger partial charge is 0.0629 e. The van der Waals surface area contributed by atoms with Gasteiger partial charge >= 0.3 is 0 Å². The quantitative estimate of drug-likeness (QED) is 0.167. The van der Waals surface area contributed by atoms with Crippen LogP contribution in [0.4, 0.5) is 0 Å². The summed E-state index contributed by atoms with van der Waals surface area (Å²) in [7, 11) is 0. The average molecular weight is 644 g/mol. The number of hydrogen-bond acceptors (Lipinski definition) is 1. The van der Waals surface area contributed by atoms with Crippen LogP contribution in [0.5, 0.6) is 0 Å². The van der Waals surface area contributed by atoms with Gasteiger partial charge in [0.15, 0.2) is 0 Å². The highest BCUT2D eigenvalue weighted by molar-refractivity contribution is 7.26. The van der Waals surface area contributed by atoms with Gasteiger partial charge in [-0.05, 0) is 89.5 Å². The molecule has 0 aliphatic carbocycles. The standard InChI is InChI=1S/C48H30S/c1-2-11-31(12-3-1)37-27-28-41-44(30-37)47(43-19-10-18-42-38-15-8-9-20-45(38)49-48(42)43)40-17-7-6-16-39(40)46(41)34-24-21-33(22-25-34)36-26-23-32-13-4-5-14-35(32)29-36/h1-30H/i1D,2D,3D,11D,12D. The predicted octanol–water partition coefficient (Wildman–Crippen LogP) is 14.2. The van der Waals surface area contributed by atoms with E-state index in [-0.39, 0.29) is 29.7 Å². The molecule has 0 N–H and O–H groups in total. The summed E-state index contributed by atoms with van der Waals surface area (Å²) < 4.78 is 45.2. The van der Waals surface area contributed by atoms with Crippen LogP contribution in [0.1, 0.15) is 6.85 Å². The summed E-state index contributed by atoms with van der Waals surface area (Å²) in [4.78, 5) is 0. The van der Waals surface area contributed by atoms with Crippen LogP contribution >= 0.6 is 11.3 Å². The Labute approximate surface area is 296 Å². The van der Waals surface area contributed by atoms with Crippen molar-refractivity contribution in [1.29, 1.82) is 0 Å². The molecular formula is C48H30S. The lowest BCUT2D eigenvalue weighted by atomic mass is 9.84. The Morgan fingerprint density at radius 1 is 0.367 bits per heavy atom. The Morgan fingerprint density at radius 3 is 1.82 bits per heavy atom. The van der Waals surface area contributed by atoms with Gasteiger partial charge in [0.2, 0.25) is 0 Å². The third kappa shape index (κ3) is 4.58. The maximum Gasteiger partial charge on any atom is 0.0629 e. The number of hydrogen-bond donors (Lipinski definition) is 0. The minimum Gasteiger partial charge on any atom is -0.135 e. The van der Waals surface area contributed by atoms with Crippen molar-refractivity contribution in [2.24, 2.45) is 0 Å². The van der Waals surface area contributed by atoms with E-state index in [2.05, 4.69) is 140 Å². The molecule has 1 heterocycles. The van der Waals surface area contributed by atoms with E-state index in [0.29, 0.717) is 5.56 Å². The summed E-state index contributed by atoms with van der Waals surface area (Å²) in [5.41, 5.74) is 7.39. The molecule has 0 radical (unpaired) electrons. The first-order valence-electron chi connectivity index (χ1n) is 18.9. The minimum absolute atomic E-state index is 0.198. The summed E-state index contributed by atoms with van der Waals surface area (Å²) >= 11 is 1.78. The van der Waals surface area contributed by atoms with Crippen molar-refractivity contribution in [3.05, 3.63) is 182 Å². The summed E-state index contributed by atoms with van der Waals surface area (Å²) in [5.74, 6) is 0. The lowest BCUT2D eigenvalue weighted by Crippen LogP contribution is -1.92. The second kappa shape index (κ2) is 11.3. The molecule has 0 nitrogen and oxygen atoms in total. The van der Waals surface area contributed by atoms with E-state index in [4.69, 9.17) is 6.85 Å². The lowest BCUT2D eigenvalue weighted by Gasteiger charge is -2.19. The molecule has 0 unspecified atom stereocenters. The first-order valence-corrected chi connectivity index (χ1v) is 17.2. The van der Waals surface area contributed by atoms with Gasteiger partial charge < -0.3 is 0 Å². The predicted molar refractivity (Wildman–Crippen MR) is 214 cm³/mol. The highest BCUT2D eigenvalue weighted by Gasteiger charge is 2.20. The van der Waals surface area contributed by atoms with Crippen LogP contribution in [0.3, 0.4) is 0 Å². The molecule has 0 aliphatic heterocycles. The highest BCUT2D eigenvalue weighted by atomic mass is 32.1. The summed E-state index contributed by atoms with van der Waals surface area (Å²) in [6, 6.07) is 51.8. The number of thiophene rings is 1. The third-order valence-electron chi connectivity index (χ3n) is 9.74. The Balaban J connectivity index is 1.27. The van der Waals surface area contributed by atoms with E-state index in [1.165, 1.54) is 30.9 Å². The van der Waals surface area contributed by atoms with Gasteiger partial charge in [0.1, 0.15) is 0 Å². The molecule has 1 heteroatoms. The fourth-order valence-electron chi connectivity index (χ4n) is 7.47. The van der Waals surface area contributed by atoms with Crippen molar-refractivity contribution in [2.45, 2.75) is 0 Å². The van der Waals surface area contributed by atoms with Crippen LogP contribution in [0.25, 0.3) is 97.0 Å². The molecule has 10 rings (SSSR count). The van der Waals surface area contributed by atoms with Gasteiger partial charge in [0.05, 0.1) is 6.85 Å². The van der Waals surface area contributed by atoms with Crippen molar-refractivity contribution in [3.8, 4) is 44.5 Å². The molecule has 9 aromatic carbocycles. The zero-order valence-corrected chi connectivity index (χ0v) is 27.2. The van der Waals surface area contributed by atoms with E-state index in [1.54, 1.807) is 11.3 Å². The molecule has 49 heavy (non-hydrogen) atoms. The van der Waals surface area contributed by atoms with Gasteiger partial charge in [0, 0.05) is 25.7 Å². The molecule has 0 aliphatic rings. The van der Waals surface area contributed by atoms with Crippen LogP contribution in [0.2, 0.25) is 0 Å². The van der Waals surface area contributed by atoms with E-state index in [1.807, 2.05) is 12.1 Å². The Kier molecular flexibility index (Phi) is 5.38. The van der Waals surface area contributed by atoms with Crippen LogP contribution in [-0.4, -0.2) is 0 Å². The molecule has 0 amide bonds. The molecule has 0 fully saturated rings. The molecule has 10 aromatic rings. The monoisotopic (exact) mass is 643 g/mol. The molecule has 0 saturated carbocycles. The van der Waals surface area contributed by atoms with E-state index in [0.717, 1.165) is 54.9 Å². The molecule has 0 spiro atoms. The zero-order valence-electron chi connectivity index (χ0n) is 31.3. The highest BCUT2D eigenvalue weighted by Crippen LogP contribution is 2.48. The van der Waals surface area contributed by atoms with Crippen molar-refractivity contribution in [3.63, 3.8) is 0 Å². The van der Waals surface area contributed by atoms with Gasteiger partial charge in [-0.2, -0.15) is 0 Å². The van der Waals surface area contributed by atoms with E-state index in [9.17, 15) is 0 Å². The second-order valence-electron chi connectivity index (χ2n) is 12.5. The van der Waals surface area contributed by atoms with Crippen molar-refractivity contribution >= 4 is 63.8 Å². The first-order chi connectivity index (χ1) is 26.4. The van der Waals surface area contributed by atoms with E-state index < -0.39 is 6.04 Å². The lowest BCUT2D eigenvalue weighted by molar-refractivity contribution is 1.62. The number of fused-ring (bicyclic) bond motifs is 6. The molecular weight excluding hydrogens is 609 g/mol. The maximum absolute atomic E-state index is 8.84. The van der Waals surface area contributed by atoms with Crippen LogP contribution in [0.15, 0.2) is 182 Å².